The molecule has 0 saturated carbocycles. The van der Waals surface area contributed by atoms with Crippen LogP contribution in [-0.2, 0) is 0 Å². The van der Waals surface area contributed by atoms with Crippen LogP contribution in [0.4, 0.5) is 5.95 Å². The van der Waals surface area contributed by atoms with E-state index >= 15 is 0 Å². The third kappa shape index (κ3) is 2.18. The SMILES string of the molecule is Cc1nc(C2CCN(c3ncccn3)CC2)no1. The fourth-order valence-electron chi connectivity index (χ4n) is 2.27. The van der Waals surface area contributed by atoms with E-state index in [1.807, 2.05) is 13.0 Å². The number of nitrogens with zero attached hydrogens (tertiary/aromatic N) is 5. The summed E-state index contributed by atoms with van der Waals surface area (Å²) in [6, 6.07) is 1.83. The van der Waals surface area contributed by atoms with Crippen LogP contribution in [-0.4, -0.2) is 33.2 Å². The van der Waals surface area contributed by atoms with Crippen molar-refractivity contribution < 1.29 is 4.52 Å². The molecule has 0 aliphatic carbocycles. The Morgan fingerprint density at radius 1 is 1.22 bits per heavy atom. The molecular weight excluding hydrogens is 230 g/mol. The van der Waals surface area contributed by atoms with Gasteiger partial charge < -0.3 is 9.42 Å². The molecule has 0 atom stereocenters. The van der Waals surface area contributed by atoms with Gasteiger partial charge in [-0.25, -0.2) is 9.97 Å². The minimum atomic E-state index is 0.391. The fraction of sp³-hybridized carbons (Fsp3) is 0.500. The summed E-state index contributed by atoms with van der Waals surface area (Å²) < 4.78 is 5.03. The molecule has 3 heterocycles. The van der Waals surface area contributed by atoms with Gasteiger partial charge in [-0.1, -0.05) is 5.16 Å². The van der Waals surface area contributed by atoms with Crippen LogP contribution in [0.25, 0.3) is 0 Å². The van der Waals surface area contributed by atoms with E-state index in [-0.39, 0.29) is 0 Å². The van der Waals surface area contributed by atoms with Gasteiger partial charge in [0.25, 0.3) is 0 Å². The molecule has 3 rings (SSSR count). The standard InChI is InChI=1S/C12H15N5O/c1-9-15-11(16-18-9)10-3-7-17(8-4-10)12-13-5-2-6-14-12/h2,5-6,10H,3-4,7-8H2,1H3. The van der Waals surface area contributed by atoms with Crippen LogP contribution < -0.4 is 4.90 Å². The quantitative estimate of drug-likeness (QED) is 0.799. The number of hydrogen-bond donors (Lipinski definition) is 0. The maximum absolute atomic E-state index is 5.03. The Kier molecular flexibility index (Phi) is 2.92. The van der Waals surface area contributed by atoms with E-state index in [4.69, 9.17) is 4.52 Å². The van der Waals surface area contributed by atoms with E-state index in [9.17, 15) is 0 Å². The molecule has 0 aromatic carbocycles. The molecule has 1 aliphatic rings. The van der Waals surface area contributed by atoms with Gasteiger partial charge in [-0.3, -0.25) is 0 Å². The minimum Gasteiger partial charge on any atom is -0.341 e. The van der Waals surface area contributed by atoms with E-state index in [1.165, 1.54) is 0 Å². The Balaban J connectivity index is 1.65. The van der Waals surface area contributed by atoms with Gasteiger partial charge in [0.1, 0.15) is 0 Å². The van der Waals surface area contributed by atoms with E-state index < -0.39 is 0 Å². The second kappa shape index (κ2) is 4.72. The third-order valence-corrected chi connectivity index (χ3v) is 3.24. The number of aromatic nitrogens is 4. The van der Waals surface area contributed by atoms with Crippen molar-refractivity contribution in [3.63, 3.8) is 0 Å². The molecule has 0 amide bonds. The van der Waals surface area contributed by atoms with Gasteiger partial charge in [-0.2, -0.15) is 4.98 Å². The van der Waals surface area contributed by atoms with Crippen LogP contribution in [0.3, 0.4) is 0 Å². The molecule has 94 valence electrons. The smallest absolute Gasteiger partial charge is 0.225 e. The lowest BCUT2D eigenvalue weighted by Crippen LogP contribution is -2.34. The second-order valence-electron chi connectivity index (χ2n) is 4.48. The zero-order chi connectivity index (χ0) is 12.4. The Bertz CT molecular complexity index is 504. The number of hydrogen-bond acceptors (Lipinski definition) is 6. The van der Waals surface area contributed by atoms with Crippen molar-refractivity contribution in [2.75, 3.05) is 18.0 Å². The molecule has 6 heteroatoms. The molecule has 2 aromatic rings. The molecule has 0 N–H and O–H groups in total. The monoisotopic (exact) mass is 245 g/mol. The molecule has 0 radical (unpaired) electrons. The maximum atomic E-state index is 5.03. The van der Waals surface area contributed by atoms with E-state index in [0.29, 0.717) is 11.8 Å². The van der Waals surface area contributed by atoms with Gasteiger partial charge in [0.05, 0.1) is 0 Å². The van der Waals surface area contributed by atoms with E-state index in [1.54, 1.807) is 12.4 Å². The van der Waals surface area contributed by atoms with Crippen molar-refractivity contribution in [3.05, 3.63) is 30.2 Å². The Morgan fingerprint density at radius 2 is 1.94 bits per heavy atom. The summed E-state index contributed by atoms with van der Waals surface area (Å²) >= 11 is 0. The third-order valence-electron chi connectivity index (χ3n) is 3.24. The lowest BCUT2D eigenvalue weighted by molar-refractivity contribution is 0.375. The van der Waals surface area contributed by atoms with Gasteiger partial charge >= 0.3 is 0 Å². The average Bonchev–Trinajstić information content (AvgIpc) is 2.87. The molecule has 2 aromatic heterocycles. The summed E-state index contributed by atoms with van der Waals surface area (Å²) in [5.41, 5.74) is 0. The van der Waals surface area contributed by atoms with Gasteiger partial charge in [0.2, 0.25) is 11.8 Å². The Labute approximate surface area is 105 Å². The van der Waals surface area contributed by atoms with Crippen molar-refractivity contribution in [1.29, 1.82) is 0 Å². The summed E-state index contributed by atoms with van der Waals surface area (Å²) in [4.78, 5) is 15.0. The Hall–Kier alpha value is -1.98. The zero-order valence-corrected chi connectivity index (χ0v) is 10.3. The molecule has 1 saturated heterocycles. The Morgan fingerprint density at radius 3 is 2.56 bits per heavy atom. The molecule has 1 fully saturated rings. The molecule has 0 bridgehead atoms. The van der Waals surface area contributed by atoms with Crippen LogP contribution in [0.15, 0.2) is 23.0 Å². The first-order valence-corrected chi connectivity index (χ1v) is 6.15. The summed E-state index contributed by atoms with van der Waals surface area (Å²) in [7, 11) is 0. The van der Waals surface area contributed by atoms with Crippen molar-refractivity contribution in [2.24, 2.45) is 0 Å². The van der Waals surface area contributed by atoms with E-state index in [0.717, 1.165) is 37.7 Å². The molecule has 1 aliphatic heterocycles. The summed E-state index contributed by atoms with van der Waals surface area (Å²) in [6.45, 7) is 3.69. The first-order valence-electron chi connectivity index (χ1n) is 6.15. The van der Waals surface area contributed by atoms with Crippen LogP contribution >= 0.6 is 0 Å². The van der Waals surface area contributed by atoms with Crippen molar-refractivity contribution >= 4 is 5.95 Å². The number of piperidine rings is 1. The minimum absolute atomic E-state index is 0.391. The number of rotatable bonds is 2. The van der Waals surface area contributed by atoms with E-state index in [2.05, 4.69) is 25.0 Å². The lowest BCUT2D eigenvalue weighted by Gasteiger charge is -2.30. The van der Waals surface area contributed by atoms with Crippen LogP contribution in [0.5, 0.6) is 0 Å². The summed E-state index contributed by atoms with van der Waals surface area (Å²) in [5, 5.41) is 4.00. The molecule has 6 nitrogen and oxygen atoms in total. The average molecular weight is 245 g/mol. The van der Waals surface area contributed by atoms with Crippen LogP contribution in [0.2, 0.25) is 0 Å². The molecule has 18 heavy (non-hydrogen) atoms. The van der Waals surface area contributed by atoms with Gasteiger partial charge in [-0.15, -0.1) is 0 Å². The highest BCUT2D eigenvalue weighted by Gasteiger charge is 2.25. The predicted octanol–water partition coefficient (Wildman–Crippen LogP) is 1.55. The second-order valence-corrected chi connectivity index (χ2v) is 4.48. The normalized spacial score (nSPS) is 17.1. The van der Waals surface area contributed by atoms with Gasteiger partial charge in [0.15, 0.2) is 5.82 Å². The van der Waals surface area contributed by atoms with Crippen molar-refractivity contribution in [2.45, 2.75) is 25.7 Å². The zero-order valence-electron chi connectivity index (χ0n) is 10.3. The largest absolute Gasteiger partial charge is 0.341 e. The molecule has 0 unspecified atom stereocenters. The predicted molar refractivity (Wildman–Crippen MR) is 65.3 cm³/mol. The highest BCUT2D eigenvalue weighted by atomic mass is 16.5. The summed E-state index contributed by atoms with van der Waals surface area (Å²) in [6.07, 6.45) is 5.57. The molecular formula is C12H15N5O. The van der Waals surface area contributed by atoms with Gasteiger partial charge in [0, 0.05) is 38.3 Å². The lowest BCUT2D eigenvalue weighted by atomic mass is 9.96. The van der Waals surface area contributed by atoms with Gasteiger partial charge in [-0.05, 0) is 18.9 Å². The fourth-order valence-corrected chi connectivity index (χ4v) is 2.27. The van der Waals surface area contributed by atoms with Crippen LogP contribution in [0.1, 0.15) is 30.5 Å². The first kappa shape index (κ1) is 11.1. The number of aryl methyl sites for hydroxylation is 1. The first-order chi connectivity index (χ1) is 8.83. The highest BCUT2D eigenvalue weighted by molar-refractivity contribution is 5.29. The van der Waals surface area contributed by atoms with Crippen LogP contribution in [0, 0.1) is 6.92 Å². The van der Waals surface area contributed by atoms with Crippen molar-refractivity contribution in [3.8, 4) is 0 Å². The molecule has 0 spiro atoms. The topological polar surface area (TPSA) is 67.9 Å². The maximum Gasteiger partial charge on any atom is 0.225 e. The number of anilines is 1. The summed E-state index contributed by atoms with van der Waals surface area (Å²) in [5.74, 6) is 2.67. The van der Waals surface area contributed by atoms with Crippen molar-refractivity contribution in [1.82, 2.24) is 20.1 Å². The highest BCUT2D eigenvalue weighted by Crippen LogP contribution is 2.27.